The van der Waals surface area contributed by atoms with Gasteiger partial charge < -0.3 is 24.8 Å². The first kappa shape index (κ1) is 25.2. The van der Waals surface area contributed by atoms with Crippen LogP contribution in [0.4, 0.5) is 21.5 Å². The molecule has 1 saturated carbocycles. The van der Waals surface area contributed by atoms with Crippen LogP contribution >= 0.6 is 0 Å². The lowest BCUT2D eigenvalue weighted by molar-refractivity contribution is -0.137. The molecule has 1 aromatic carbocycles. The third-order valence-corrected chi connectivity index (χ3v) is 6.78. The first-order valence-corrected chi connectivity index (χ1v) is 12.6. The summed E-state index contributed by atoms with van der Waals surface area (Å²) in [5.41, 5.74) is 2.32. The average Bonchev–Trinajstić information content (AvgIpc) is 3.69. The molecular formula is C26H35FN4O4. The second kappa shape index (κ2) is 11.7. The molecule has 0 radical (unpaired) electrons. The van der Waals surface area contributed by atoms with Crippen molar-refractivity contribution in [3.05, 3.63) is 35.9 Å². The van der Waals surface area contributed by atoms with E-state index in [0.29, 0.717) is 67.3 Å². The van der Waals surface area contributed by atoms with Crippen molar-refractivity contribution in [2.75, 3.05) is 36.6 Å². The molecule has 4 rings (SSSR count). The third-order valence-electron chi connectivity index (χ3n) is 6.78. The van der Waals surface area contributed by atoms with E-state index in [2.05, 4.69) is 20.2 Å². The summed E-state index contributed by atoms with van der Waals surface area (Å²) in [5, 5.41) is 12.7. The zero-order valence-corrected chi connectivity index (χ0v) is 20.5. The van der Waals surface area contributed by atoms with Crippen LogP contribution in [-0.4, -0.2) is 53.5 Å². The summed E-state index contributed by atoms with van der Waals surface area (Å²) in [5.74, 6) is -0.952. The number of carbonyl (C=O) groups is 1. The van der Waals surface area contributed by atoms with Crippen LogP contribution in [0.15, 0.2) is 24.5 Å². The topological polar surface area (TPSA) is 96.8 Å². The van der Waals surface area contributed by atoms with E-state index in [0.717, 1.165) is 12.8 Å². The molecule has 2 aromatic rings. The molecule has 35 heavy (non-hydrogen) atoms. The first-order valence-electron chi connectivity index (χ1n) is 12.6. The minimum Gasteiger partial charge on any atom is -0.481 e. The van der Waals surface area contributed by atoms with Crippen LogP contribution in [-0.2, 0) is 9.53 Å². The van der Waals surface area contributed by atoms with Gasteiger partial charge in [0.25, 0.3) is 0 Å². The number of hydrogen-bond acceptors (Lipinski definition) is 7. The molecule has 1 aromatic heterocycles. The van der Waals surface area contributed by atoms with Gasteiger partial charge in [-0.1, -0.05) is 6.92 Å². The zero-order valence-electron chi connectivity index (χ0n) is 20.5. The number of ether oxygens (including phenoxy) is 2. The SMILES string of the molecule is CCC(CC(=O)O)c1cc(F)c(N(CC)C2CCOCC2)c(Nc2cnc(OCC3CC3)nc2)c1. The van der Waals surface area contributed by atoms with Crippen LogP contribution in [0.1, 0.15) is 63.9 Å². The summed E-state index contributed by atoms with van der Waals surface area (Å²) >= 11 is 0. The molecule has 1 unspecified atom stereocenters. The van der Waals surface area contributed by atoms with Crippen molar-refractivity contribution in [3.8, 4) is 6.01 Å². The van der Waals surface area contributed by atoms with E-state index in [1.54, 1.807) is 12.4 Å². The zero-order chi connectivity index (χ0) is 24.8. The molecular weight excluding hydrogens is 451 g/mol. The number of anilines is 3. The molecule has 0 spiro atoms. The van der Waals surface area contributed by atoms with Crippen LogP contribution < -0.4 is 15.0 Å². The number of nitrogens with one attached hydrogen (secondary N) is 1. The smallest absolute Gasteiger partial charge is 0.316 e. The molecule has 2 N–H and O–H groups in total. The van der Waals surface area contributed by atoms with E-state index in [1.807, 2.05) is 19.9 Å². The van der Waals surface area contributed by atoms with Gasteiger partial charge in [-0.15, -0.1) is 0 Å². The summed E-state index contributed by atoms with van der Waals surface area (Å²) in [6, 6.07) is 3.84. The third kappa shape index (κ3) is 6.60. The van der Waals surface area contributed by atoms with E-state index in [4.69, 9.17) is 9.47 Å². The maximum absolute atomic E-state index is 15.8. The minimum absolute atomic E-state index is 0.0533. The van der Waals surface area contributed by atoms with Gasteiger partial charge in [0.1, 0.15) is 5.82 Å². The second-order valence-electron chi connectivity index (χ2n) is 9.37. The maximum atomic E-state index is 15.8. The lowest BCUT2D eigenvalue weighted by Crippen LogP contribution is -2.40. The predicted octanol–water partition coefficient (Wildman–Crippen LogP) is 5.12. The maximum Gasteiger partial charge on any atom is 0.316 e. The standard InChI is InChI=1S/C26H35FN4O4/c1-3-18(13-24(32)33)19-11-22(27)25(31(4-2)21-7-9-34-10-8-21)23(12-19)30-20-14-28-26(29-15-20)35-16-17-5-6-17/h11-12,14-15,17-18,21,30H,3-10,13,16H2,1-2H3,(H,32,33). The molecule has 1 saturated heterocycles. The molecule has 2 heterocycles. The van der Waals surface area contributed by atoms with Crippen molar-refractivity contribution < 1.29 is 23.8 Å². The van der Waals surface area contributed by atoms with E-state index < -0.39 is 5.97 Å². The lowest BCUT2D eigenvalue weighted by atomic mass is 9.92. The van der Waals surface area contributed by atoms with Crippen LogP contribution in [0, 0.1) is 11.7 Å². The molecule has 190 valence electrons. The highest BCUT2D eigenvalue weighted by molar-refractivity contribution is 5.77. The molecule has 2 aliphatic rings. The van der Waals surface area contributed by atoms with Crippen LogP contribution in [0.25, 0.3) is 0 Å². The van der Waals surface area contributed by atoms with Gasteiger partial charge in [0.15, 0.2) is 0 Å². The number of nitrogens with zero attached hydrogens (tertiary/aromatic N) is 3. The Balaban J connectivity index is 1.65. The molecule has 1 aliphatic heterocycles. The second-order valence-corrected chi connectivity index (χ2v) is 9.37. The number of rotatable bonds is 12. The Bertz CT molecular complexity index is 994. The fourth-order valence-electron chi connectivity index (χ4n) is 4.63. The summed E-state index contributed by atoms with van der Waals surface area (Å²) in [7, 11) is 0. The summed E-state index contributed by atoms with van der Waals surface area (Å²) < 4.78 is 26.9. The van der Waals surface area contributed by atoms with Crippen molar-refractivity contribution in [2.45, 2.75) is 64.3 Å². The average molecular weight is 487 g/mol. The summed E-state index contributed by atoms with van der Waals surface area (Å²) in [6.07, 6.45) is 7.81. The monoisotopic (exact) mass is 486 g/mol. The van der Waals surface area contributed by atoms with Gasteiger partial charge in [-0.3, -0.25) is 4.79 Å². The van der Waals surface area contributed by atoms with Gasteiger partial charge in [0.05, 0.1) is 42.5 Å². The van der Waals surface area contributed by atoms with Gasteiger partial charge in [0.2, 0.25) is 0 Å². The Morgan fingerprint density at radius 1 is 1.23 bits per heavy atom. The summed E-state index contributed by atoms with van der Waals surface area (Å²) in [6.45, 7) is 6.49. The van der Waals surface area contributed by atoms with Crippen molar-refractivity contribution in [3.63, 3.8) is 0 Å². The molecule has 0 bridgehead atoms. The Labute approximate surface area is 205 Å². The van der Waals surface area contributed by atoms with Gasteiger partial charge >= 0.3 is 12.0 Å². The molecule has 8 nitrogen and oxygen atoms in total. The van der Waals surface area contributed by atoms with Gasteiger partial charge in [-0.25, -0.2) is 14.4 Å². The minimum atomic E-state index is -0.900. The van der Waals surface area contributed by atoms with Crippen LogP contribution in [0.3, 0.4) is 0 Å². The van der Waals surface area contributed by atoms with E-state index in [1.165, 1.54) is 18.9 Å². The Morgan fingerprint density at radius 3 is 2.54 bits per heavy atom. The number of halogens is 1. The van der Waals surface area contributed by atoms with Gasteiger partial charge in [0, 0.05) is 25.8 Å². The predicted molar refractivity (Wildman–Crippen MR) is 132 cm³/mol. The van der Waals surface area contributed by atoms with E-state index in [-0.39, 0.29) is 24.2 Å². The number of hydrogen-bond donors (Lipinski definition) is 2. The molecule has 1 atom stereocenters. The molecule has 2 fully saturated rings. The number of benzene rings is 1. The summed E-state index contributed by atoms with van der Waals surface area (Å²) in [4.78, 5) is 22.1. The quantitative estimate of drug-likeness (QED) is 0.427. The fourth-order valence-corrected chi connectivity index (χ4v) is 4.63. The number of carboxylic acid groups (broad SMARTS) is 1. The Kier molecular flexibility index (Phi) is 8.38. The van der Waals surface area contributed by atoms with Crippen molar-refractivity contribution in [1.29, 1.82) is 0 Å². The first-order chi connectivity index (χ1) is 17.0. The number of aliphatic carboxylic acids is 1. The van der Waals surface area contributed by atoms with Crippen LogP contribution in [0.5, 0.6) is 6.01 Å². The number of aromatic nitrogens is 2. The van der Waals surface area contributed by atoms with Gasteiger partial charge in [-0.05, 0) is 68.6 Å². The largest absolute Gasteiger partial charge is 0.481 e. The molecule has 0 amide bonds. The highest BCUT2D eigenvalue weighted by atomic mass is 19.1. The fraction of sp³-hybridized carbons (Fsp3) is 0.577. The highest BCUT2D eigenvalue weighted by Crippen LogP contribution is 2.38. The highest BCUT2D eigenvalue weighted by Gasteiger charge is 2.27. The van der Waals surface area contributed by atoms with Crippen molar-refractivity contribution in [2.24, 2.45) is 5.92 Å². The van der Waals surface area contributed by atoms with Crippen LogP contribution in [0.2, 0.25) is 0 Å². The normalized spacial score (nSPS) is 17.1. The van der Waals surface area contributed by atoms with Gasteiger partial charge in [-0.2, -0.15) is 0 Å². The Morgan fingerprint density at radius 2 is 1.94 bits per heavy atom. The molecule has 1 aliphatic carbocycles. The number of carboxylic acids is 1. The van der Waals surface area contributed by atoms with Crippen molar-refractivity contribution >= 4 is 23.0 Å². The van der Waals surface area contributed by atoms with E-state index >= 15 is 4.39 Å². The van der Waals surface area contributed by atoms with Crippen molar-refractivity contribution in [1.82, 2.24) is 9.97 Å². The Hall–Kier alpha value is -2.94. The lowest BCUT2D eigenvalue weighted by Gasteiger charge is -2.37. The van der Waals surface area contributed by atoms with E-state index in [9.17, 15) is 9.90 Å². The molecule has 9 heteroatoms.